The summed E-state index contributed by atoms with van der Waals surface area (Å²) in [5.74, 6) is 1.93. The van der Waals surface area contributed by atoms with Crippen molar-refractivity contribution in [2.24, 2.45) is 5.92 Å². The van der Waals surface area contributed by atoms with Gasteiger partial charge in [-0.3, -0.25) is 9.59 Å². The van der Waals surface area contributed by atoms with Gasteiger partial charge >= 0.3 is 0 Å². The maximum atomic E-state index is 13.2. The van der Waals surface area contributed by atoms with Crippen LogP contribution in [0, 0.1) is 5.92 Å². The number of carbonyl (C=O) groups excluding carboxylic acids is 2. The Balaban J connectivity index is 1.14. The van der Waals surface area contributed by atoms with Gasteiger partial charge in [-0.1, -0.05) is 12.1 Å². The van der Waals surface area contributed by atoms with Gasteiger partial charge in [-0.05, 0) is 31.0 Å². The van der Waals surface area contributed by atoms with Crippen LogP contribution in [-0.2, 0) is 9.59 Å². The molecule has 168 valence electrons. The molecule has 2 fully saturated rings. The van der Waals surface area contributed by atoms with Crippen molar-refractivity contribution in [1.82, 2.24) is 19.8 Å². The number of piperidine rings is 1. The normalized spacial score (nSPS) is 23.1. The third-order valence-electron chi connectivity index (χ3n) is 6.29. The zero-order valence-electron chi connectivity index (χ0n) is 17.9. The number of hydrogen-bond donors (Lipinski definition) is 0. The molecule has 2 amide bonds. The van der Waals surface area contributed by atoms with E-state index in [9.17, 15) is 9.59 Å². The molecule has 0 bridgehead atoms. The maximum absolute atomic E-state index is 13.2. The summed E-state index contributed by atoms with van der Waals surface area (Å²) in [6.45, 7) is 3.78. The van der Waals surface area contributed by atoms with Gasteiger partial charge in [-0.25, -0.2) is 9.97 Å². The van der Waals surface area contributed by atoms with E-state index in [0.717, 1.165) is 19.4 Å². The predicted octanol–water partition coefficient (Wildman–Crippen LogP) is 1.20. The number of anilines is 1. The first-order valence-corrected chi connectivity index (χ1v) is 11.2. The molecule has 4 heterocycles. The topological polar surface area (TPSA) is 88.1 Å². The van der Waals surface area contributed by atoms with Crippen LogP contribution in [0.2, 0.25) is 0 Å². The van der Waals surface area contributed by atoms with E-state index in [1.54, 1.807) is 29.4 Å². The molecule has 3 aliphatic heterocycles. The number of hydrogen-bond acceptors (Lipinski definition) is 7. The Bertz CT molecular complexity index is 964. The van der Waals surface area contributed by atoms with Crippen LogP contribution in [0.4, 0.5) is 5.95 Å². The van der Waals surface area contributed by atoms with Gasteiger partial charge in [-0.15, -0.1) is 0 Å². The van der Waals surface area contributed by atoms with Crippen molar-refractivity contribution in [3.8, 4) is 11.5 Å². The lowest BCUT2D eigenvalue weighted by atomic mass is 9.96. The van der Waals surface area contributed by atoms with Gasteiger partial charge in [0.15, 0.2) is 11.5 Å². The Morgan fingerprint density at radius 3 is 2.31 bits per heavy atom. The molecule has 32 heavy (non-hydrogen) atoms. The summed E-state index contributed by atoms with van der Waals surface area (Å²) in [6, 6.07) is 9.16. The summed E-state index contributed by atoms with van der Waals surface area (Å²) < 4.78 is 11.5. The Kier molecular flexibility index (Phi) is 5.79. The average molecular weight is 438 g/mol. The summed E-state index contributed by atoms with van der Waals surface area (Å²) in [5.41, 5.74) is 0. The minimum atomic E-state index is -0.648. The minimum Gasteiger partial charge on any atom is -0.485 e. The van der Waals surface area contributed by atoms with Crippen LogP contribution < -0.4 is 14.4 Å². The maximum Gasteiger partial charge on any atom is 0.267 e. The van der Waals surface area contributed by atoms with Crippen molar-refractivity contribution >= 4 is 17.8 Å². The number of aromatic nitrogens is 2. The number of carbonyl (C=O) groups is 2. The van der Waals surface area contributed by atoms with E-state index in [-0.39, 0.29) is 24.3 Å². The zero-order valence-corrected chi connectivity index (χ0v) is 17.9. The number of fused-ring (bicyclic) bond motifs is 1. The summed E-state index contributed by atoms with van der Waals surface area (Å²) >= 11 is 0. The second-order valence-corrected chi connectivity index (χ2v) is 8.35. The lowest BCUT2D eigenvalue weighted by Crippen LogP contribution is -2.56. The van der Waals surface area contributed by atoms with Gasteiger partial charge in [0.2, 0.25) is 18.0 Å². The first kappa shape index (κ1) is 20.5. The van der Waals surface area contributed by atoms with Crippen LogP contribution >= 0.6 is 0 Å². The van der Waals surface area contributed by atoms with Crippen molar-refractivity contribution in [2.75, 3.05) is 50.8 Å². The third kappa shape index (κ3) is 4.19. The van der Waals surface area contributed by atoms with Crippen molar-refractivity contribution < 1.29 is 19.1 Å². The third-order valence-corrected chi connectivity index (χ3v) is 6.29. The Morgan fingerprint density at radius 1 is 0.875 bits per heavy atom. The molecule has 0 unspecified atom stereocenters. The fourth-order valence-corrected chi connectivity index (χ4v) is 4.57. The van der Waals surface area contributed by atoms with Crippen LogP contribution in [0.1, 0.15) is 12.8 Å². The van der Waals surface area contributed by atoms with Crippen LogP contribution in [0.25, 0.3) is 0 Å². The van der Waals surface area contributed by atoms with Crippen molar-refractivity contribution in [1.29, 1.82) is 0 Å². The van der Waals surface area contributed by atoms with E-state index in [1.165, 1.54) is 0 Å². The van der Waals surface area contributed by atoms with Crippen LogP contribution in [0.3, 0.4) is 0 Å². The largest absolute Gasteiger partial charge is 0.485 e. The van der Waals surface area contributed by atoms with E-state index >= 15 is 0 Å². The van der Waals surface area contributed by atoms with Crippen molar-refractivity contribution in [3.05, 3.63) is 42.7 Å². The average Bonchev–Trinajstić information content (AvgIpc) is 2.88. The molecule has 2 atom stereocenters. The SMILES string of the molecule is O=C([C@@H]1CCCN(c2ncccn2)C1)N1CCN(C(=O)[C@@H]2COc3ccccc3O2)CC1. The summed E-state index contributed by atoms with van der Waals surface area (Å²) in [6.07, 6.45) is 4.61. The van der Waals surface area contributed by atoms with Crippen LogP contribution in [0.15, 0.2) is 42.7 Å². The molecule has 0 N–H and O–H groups in total. The second-order valence-electron chi connectivity index (χ2n) is 8.35. The molecular formula is C23H27N5O4. The number of benzene rings is 1. The van der Waals surface area contributed by atoms with E-state index < -0.39 is 6.10 Å². The van der Waals surface area contributed by atoms with E-state index in [2.05, 4.69) is 14.9 Å². The standard InChI is InChI=1S/C23H27N5O4/c29-21(17-5-3-10-28(15-17)23-24-8-4-9-25-23)26-11-13-27(14-12-26)22(30)20-16-31-18-6-1-2-7-19(18)32-20/h1-2,4,6-9,17,20H,3,5,10-16H2/t17-,20+/m1/s1. The number of ether oxygens (including phenoxy) is 2. The Labute approximate surface area is 186 Å². The summed E-state index contributed by atoms with van der Waals surface area (Å²) in [4.78, 5) is 40.5. The predicted molar refractivity (Wildman–Crippen MR) is 116 cm³/mol. The van der Waals surface area contributed by atoms with Gasteiger partial charge < -0.3 is 24.2 Å². The lowest BCUT2D eigenvalue weighted by Gasteiger charge is -2.40. The Hall–Kier alpha value is -3.36. The number of rotatable bonds is 3. The quantitative estimate of drug-likeness (QED) is 0.713. The van der Waals surface area contributed by atoms with Gasteiger partial charge in [-0.2, -0.15) is 0 Å². The second kappa shape index (κ2) is 9.02. The number of piperazine rings is 1. The highest BCUT2D eigenvalue weighted by molar-refractivity contribution is 5.83. The van der Waals surface area contributed by atoms with Crippen LogP contribution in [0.5, 0.6) is 11.5 Å². The molecule has 9 nitrogen and oxygen atoms in total. The molecule has 0 aliphatic carbocycles. The molecule has 2 aromatic rings. The lowest BCUT2D eigenvalue weighted by molar-refractivity contribution is -0.147. The highest BCUT2D eigenvalue weighted by Crippen LogP contribution is 2.31. The first-order chi connectivity index (χ1) is 15.7. The monoisotopic (exact) mass is 437 g/mol. The van der Waals surface area contributed by atoms with E-state index in [0.29, 0.717) is 50.2 Å². The molecule has 1 aromatic carbocycles. The van der Waals surface area contributed by atoms with Gasteiger partial charge in [0.1, 0.15) is 6.61 Å². The molecule has 0 saturated carbocycles. The Morgan fingerprint density at radius 2 is 1.56 bits per heavy atom. The molecule has 9 heteroatoms. The number of nitrogens with zero attached hydrogens (tertiary/aromatic N) is 5. The van der Waals surface area contributed by atoms with Crippen molar-refractivity contribution in [3.63, 3.8) is 0 Å². The molecule has 0 spiro atoms. The van der Waals surface area contributed by atoms with E-state index in [1.807, 2.05) is 23.1 Å². The number of para-hydroxylation sites is 2. The molecule has 2 saturated heterocycles. The van der Waals surface area contributed by atoms with Crippen molar-refractivity contribution in [2.45, 2.75) is 18.9 Å². The first-order valence-electron chi connectivity index (χ1n) is 11.2. The molecule has 5 rings (SSSR count). The molecule has 3 aliphatic rings. The zero-order chi connectivity index (χ0) is 21.9. The fourth-order valence-electron chi connectivity index (χ4n) is 4.57. The van der Waals surface area contributed by atoms with Gasteiger partial charge in [0.25, 0.3) is 5.91 Å². The molecule has 0 radical (unpaired) electrons. The van der Waals surface area contributed by atoms with Crippen LogP contribution in [-0.4, -0.2) is 83.6 Å². The smallest absolute Gasteiger partial charge is 0.267 e. The molecule has 1 aromatic heterocycles. The highest BCUT2D eigenvalue weighted by atomic mass is 16.6. The van der Waals surface area contributed by atoms with E-state index in [4.69, 9.17) is 9.47 Å². The highest BCUT2D eigenvalue weighted by Gasteiger charge is 2.35. The number of amides is 2. The minimum absolute atomic E-state index is 0.0682. The summed E-state index contributed by atoms with van der Waals surface area (Å²) in [7, 11) is 0. The molecular weight excluding hydrogens is 410 g/mol. The van der Waals surface area contributed by atoms with Gasteiger partial charge in [0.05, 0.1) is 5.92 Å². The fraction of sp³-hybridized carbons (Fsp3) is 0.478. The van der Waals surface area contributed by atoms with Gasteiger partial charge in [0, 0.05) is 51.7 Å². The summed E-state index contributed by atoms with van der Waals surface area (Å²) in [5, 5.41) is 0.